The van der Waals surface area contributed by atoms with Crippen LogP contribution >= 0.6 is 0 Å². The number of fused-ring (bicyclic) bond motifs is 2. The van der Waals surface area contributed by atoms with Gasteiger partial charge >= 0.3 is 11.9 Å². The van der Waals surface area contributed by atoms with Crippen LogP contribution in [0.3, 0.4) is 0 Å². The maximum atomic E-state index is 11.8. The average Bonchev–Trinajstić information content (AvgIpc) is 2.86. The lowest BCUT2D eigenvalue weighted by molar-refractivity contribution is 0.0696. The van der Waals surface area contributed by atoms with Crippen molar-refractivity contribution in [3.05, 3.63) is 65.7 Å². The highest BCUT2D eigenvalue weighted by molar-refractivity contribution is 6.02. The Labute approximate surface area is 205 Å². The molecule has 182 valence electrons. The Morgan fingerprint density at radius 2 is 1.57 bits per heavy atom. The van der Waals surface area contributed by atoms with Crippen molar-refractivity contribution in [1.82, 2.24) is 0 Å². The standard InChI is InChI=1S/C28H30N2O5/c1-3-5-12-30(13-6-4-2)21-9-7-8-18(14-21)19-10-11-24-23(16-19)29-26-22(28(33)34)15-20(27(31)32)17-25(26)35-24/h7-11,14-17,29H,3-6,12-13H2,1-2H3,(H,31,32)(H,33,34). The molecule has 1 heterocycles. The van der Waals surface area contributed by atoms with Crippen LogP contribution in [0.25, 0.3) is 11.1 Å². The van der Waals surface area contributed by atoms with Gasteiger partial charge in [-0.15, -0.1) is 0 Å². The summed E-state index contributed by atoms with van der Waals surface area (Å²) < 4.78 is 5.90. The Bertz CT molecular complexity index is 1250. The fraction of sp³-hybridized carbons (Fsp3) is 0.286. The van der Waals surface area contributed by atoms with Gasteiger partial charge in [0.15, 0.2) is 11.5 Å². The Morgan fingerprint density at radius 3 is 2.23 bits per heavy atom. The number of hydrogen-bond acceptors (Lipinski definition) is 5. The number of unbranched alkanes of at least 4 members (excludes halogenated alkanes) is 2. The summed E-state index contributed by atoms with van der Waals surface area (Å²) in [7, 11) is 0. The van der Waals surface area contributed by atoms with Gasteiger partial charge in [0.1, 0.15) is 0 Å². The fourth-order valence-electron chi connectivity index (χ4n) is 4.22. The molecule has 7 nitrogen and oxygen atoms in total. The maximum Gasteiger partial charge on any atom is 0.337 e. The van der Waals surface area contributed by atoms with Crippen LogP contribution in [-0.4, -0.2) is 35.2 Å². The molecular weight excluding hydrogens is 444 g/mol. The van der Waals surface area contributed by atoms with E-state index in [1.165, 1.54) is 11.8 Å². The van der Waals surface area contributed by atoms with Gasteiger partial charge in [-0.1, -0.05) is 44.9 Å². The molecular formula is C28H30N2O5. The monoisotopic (exact) mass is 474 g/mol. The van der Waals surface area contributed by atoms with E-state index in [1.807, 2.05) is 18.2 Å². The van der Waals surface area contributed by atoms with E-state index in [1.54, 1.807) is 0 Å². The Morgan fingerprint density at radius 1 is 0.857 bits per heavy atom. The van der Waals surface area contributed by atoms with E-state index in [0.717, 1.165) is 56.0 Å². The lowest BCUT2D eigenvalue weighted by Crippen LogP contribution is -2.25. The molecule has 1 aliphatic rings. The van der Waals surface area contributed by atoms with Gasteiger partial charge < -0.3 is 25.2 Å². The maximum absolute atomic E-state index is 11.8. The molecule has 1 aliphatic heterocycles. The summed E-state index contributed by atoms with van der Waals surface area (Å²) in [6.07, 6.45) is 4.57. The molecule has 0 saturated heterocycles. The minimum absolute atomic E-state index is 0.143. The molecule has 0 unspecified atom stereocenters. The number of carbonyl (C=O) groups is 2. The summed E-state index contributed by atoms with van der Waals surface area (Å²) in [5.74, 6) is -1.77. The number of anilines is 3. The Balaban J connectivity index is 1.66. The number of nitrogens with zero attached hydrogens (tertiary/aromatic N) is 1. The zero-order valence-corrected chi connectivity index (χ0v) is 20.0. The minimum Gasteiger partial charge on any atom is -0.478 e. The molecule has 3 aromatic carbocycles. The predicted molar refractivity (Wildman–Crippen MR) is 138 cm³/mol. The Hall–Kier alpha value is -4.00. The summed E-state index contributed by atoms with van der Waals surface area (Å²) in [5.41, 5.74) is 3.78. The van der Waals surface area contributed by atoms with Crippen LogP contribution in [-0.2, 0) is 0 Å². The van der Waals surface area contributed by atoms with Gasteiger partial charge in [0, 0.05) is 18.8 Å². The van der Waals surface area contributed by atoms with Gasteiger partial charge in [0.25, 0.3) is 0 Å². The van der Waals surface area contributed by atoms with Gasteiger partial charge in [-0.25, -0.2) is 9.59 Å². The van der Waals surface area contributed by atoms with Crippen molar-refractivity contribution in [1.29, 1.82) is 0 Å². The molecule has 35 heavy (non-hydrogen) atoms. The third kappa shape index (κ3) is 5.24. The van der Waals surface area contributed by atoms with Crippen LogP contribution in [0.15, 0.2) is 54.6 Å². The zero-order valence-electron chi connectivity index (χ0n) is 20.0. The molecule has 7 heteroatoms. The average molecular weight is 475 g/mol. The number of aromatic carboxylic acids is 2. The van der Waals surface area contributed by atoms with Crippen LogP contribution < -0.4 is 15.0 Å². The first kappa shape index (κ1) is 24.1. The molecule has 0 saturated carbocycles. The van der Waals surface area contributed by atoms with Crippen LogP contribution in [0.2, 0.25) is 0 Å². The molecule has 4 rings (SSSR count). The largest absolute Gasteiger partial charge is 0.478 e. The van der Waals surface area contributed by atoms with E-state index in [9.17, 15) is 19.8 Å². The van der Waals surface area contributed by atoms with Crippen molar-refractivity contribution >= 4 is 29.0 Å². The number of rotatable bonds is 10. The molecule has 0 amide bonds. The Kier molecular flexibility index (Phi) is 7.25. The lowest BCUT2D eigenvalue weighted by Gasteiger charge is -2.26. The molecule has 0 aromatic heterocycles. The second kappa shape index (κ2) is 10.5. The van der Waals surface area contributed by atoms with Crippen molar-refractivity contribution in [3.8, 4) is 22.6 Å². The second-order valence-electron chi connectivity index (χ2n) is 8.69. The highest BCUT2D eigenvalue weighted by Gasteiger charge is 2.25. The third-order valence-electron chi connectivity index (χ3n) is 6.15. The molecule has 3 N–H and O–H groups in total. The lowest BCUT2D eigenvalue weighted by atomic mass is 10.0. The molecule has 0 radical (unpaired) electrons. The predicted octanol–water partition coefficient (Wildman–Crippen LogP) is 7.01. The normalized spacial score (nSPS) is 11.6. The summed E-state index contributed by atoms with van der Waals surface area (Å²) in [6.45, 7) is 6.44. The number of carboxylic acids is 2. The molecule has 3 aromatic rings. The summed E-state index contributed by atoms with van der Waals surface area (Å²) in [4.78, 5) is 25.7. The topological polar surface area (TPSA) is 99.1 Å². The minimum atomic E-state index is -1.23. The van der Waals surface area contributed by atoms with E-state index < -0.39 is 11.9 Å². The number of carboxylic acid groups (broad SMARTS) is 2. The highest BCUT2D eigenvalue weighted by atomic mass is 16.5. The first-order chi connectivity index (χ1) is 16.9. The van der Waals surface area contributed by atoms with E-state index >= 15 is 0 Å². The number of nitrogens with one attached hydrogen (secondary N) is 1. The van der Waals surface area contributed by atoms with E-state index in [2.05, 4.69) is 48.3 Å². The quantitative estimate of drug-likeness (QED) is 0.227. The summed E-state index contributed by atoms with van der Waals surface area (Å²) in [6, 6.07) is 16.6. The number of ether oxygens (including phenoxy) is 1. The smallest absolute Gasteiger partial charge is 0.337 e. The van der Waals surface area contributed by atoms with Gasteiger partial charge in [-0.2, -0.15) is 0 Å². The van der Waals surface area contributed by atoms with Gasteiger partial charge in [-0.05, 0) is 60.4 Å². The van der Waals surface area contributed by atoms with Crippen LogP contribution in [0, 0.1) is 0 Å². The van der Waals surface area contributed by atoms with E-state index in [4.69, 9.17) is 4.74 Å². The number of hydrogen-bond donors (Lipinski definition) is 3. The van der Waals surface area contributed by atoms with E-state index in [0.29, 0.717) is 11.4 Å². The van der Waals surface area contributed by atoms with Crippen molar-refractivity contribution in [2.75, 3.05) is 23.3 Å². The van der Waals surface area contributed by atoms with Crippen LogP contribution in [0.1, 0.15) is 60.2 Å². The zero-order chi connectivity index (χ0) is 24.9. The molecule has 0 aliphatic carbocycles. The van der Waals surface area contributed by atoms with Crippen LogP contribution in [0.4, 0.5) is 17.1 Å². The second-order valence-corrected chi connectivity index (χ2v) is 8.69. The third-order valence-corrected chi connectivity index (χ3v) is 6.15. The van der Waals surface area contributed by atoms with Crippen molar-refractivity contribution < 1.29 is 24.5 Å². The van der Waals surface area contributed by atoms with Crippen molar-refractivity contribution in [2.45, 2.75) is 39.5 Å². The first-order valence-corrected chi connectivity index (χ1v) is 12.0. The SMILES string of the molecule is CCCCN(CCCC)c1cccc(-c2ccc3c(c2)Nc2c(cc(C(=O)O)cc2C(=O)O)O3)c1. The van der Waals surface area contributed by atoms with E-state index in [-0.39, 0.29) is 22.6 Å². The molecule has 0 fully saturated rings. The molecule has 0 spiro atoms. The van der Waals surface area contributed by atoms with Crippen LogP contribution in [0.5, 0.6) is 11.5 Å². The highest BCUT2D eigenvalue weighted by Crippen LogP contribution is 2.45. The molecule has 0 bridgehead atoms. The fourth-order valence-corrected chi connectivity index (χ4v) is 4.22. The van der Waals surface area contributed by atoms with Gasteiger partial charge in [0.05, 0.1) is 22.5 Å². The van der Waals surface area contributed by atoms with Gasteiger partial charge in [0.2, 0.25) is 0 Å². The summed E-state index contributed by atoms with van der Waals surface area (Å²) >= 11 is 0. The van der Waals surface area contributed by atoms with Gasteiger partial charge in [-0.3, -0.25) is 0 Å². The number of benzene rings is 3. The van der Waals surface area contributed by atoms with Crippen molar-refractivity contribution in [3.63, 3.8) is 0 Å². The summed E-state index contributed by atoms with van der Waals surface area (Å²) in [5, 5.41) is 22.1. The molecule has 0 atom stereocenters. The first-order valence-electron chi connectivity index (χ1n) is 12.0. The van der Waals surface area contributed by atoms with Crippen molar-refractivity contribution in [2.24, 2.45) is 0 Å².